The van der Waals surface area contributed by atoms with Gasteiger partial charge in [-0.2, -0.15) is 10.2 Å². The van der Waals surface area contributed by atoms with Crippen LogP contribution in [0.25, 0.3) is 11.2 Å². The van der Waals surface area contributed by atoms with Gasteiger partial charge in [0.2, 0.25) is 5.95 Å². The summed E-state index contributed by atoms with van der Waals surface area (Å²) < 4.78 is 4.00. The van der Waals surface area contributed by atoms with Gasteiger partial charge < -0.3 is 9.88 Å². The molecule has 31 heavy (non-hydrogen) atoms. The van der Waals surface area contributed by atoms with Gasteiger partial charge in [0, 0.05) is 14.1 Å². The van der Waals surface area contributed by atoms with E-state index in [2.05, 4.69) is 16.4 Å². The van der Waals surface area contributed by atoms with Crippen LogP contribution in [0.5, 0.6) is 0 Å². The molecule has 0 atom stereocenters. The van der Waals surface area contributed by atoms with E-state index in [1.165, 1.54) is 4.57 Å². The first kappa shape index (κ1) is 20.7. The molecule has 0 spiro atoms. The van der Waals surface area contributed by atoms with Gasteiger partial charge in [0.05, 0.1) is 27.8 Å². The van der Waals surface area contributed by atoms with Gasteiger partial charge in [0.15, 0.2) is 11.2 Å². The lowest BCUT2D eigenvalue weighted by Crippen LogP contribution is -2.39. The molecule has 4 aromatic rings. The second-order valence-electron chi connectivity index (χ2n) is 6.93. The van der Waals surface area contributed by atoms with Crippen LogP contribution in [0.4, 0.5) is 11.6 Å². The average Bonchev–Trinajstić information content (AvgIpc) is 3.09. The highest BCUT2D eigenvalue weighted by atomic mass is 35.5. The lowest BCUT2D eigenvalue weighted by Gasteiger charge is -2.10. The molecule has 0 bridgehead atoms. The smallest absolute Gasteiger partial charge is 0.324 e. The summed E-state index contributed by atoms with van der Waals surface area (Å²) in [5.41, 5.74) is 1.13. The molecule has 2 heterocycles. The fourth-order valence-corrected chi connectivity index (χ4v) is 3.65. The van der Waals surface area contributed by atoms with Crippen molar-refractivity contribution in [2.75, 3.05) is 5.32 Å². The lowest BCUT2D eigenvalue weighted by atomic mass is 10.2. The van der Waals surface area contributed by atoms with Crippen LogP contribution in [0.2, 0.25) is 10.0 Å². The van der Waals surface area contributed by atoms with E-state index >= 15 is 0 Å². The summed E-state index contributed by atoms with van der Waals surface area (Å²) in [6.07, 6.45) is 0. The second kappa shape index (κ2) is 7.95. The predicted octanol–water partition coefficient (Wildman–Crippen LogP) is 3.40. The normalized spacial score (nSPS) is 10.9. The van der Waals surface area contributed by atoms with E-state index in [9.17, 15) is 14.9 Å². The molecule has 10 heteroatoms. The summed E-state index contributed by atoms with van der Waals surface area (Å²) in [5.74, 6) is 0.331. The van der Waals surface area contributed by atoms with E-state index in [4.69, 9.17) is 23.2 Å². The van der Waals surface area contributed by atoms with Gasteiger partial charge >= 0.3 is 5.69 Å². The zero-order valence-electron chi connectivity index (χ0n) is 16.6. The number of nitriles is 1. The van der Waals surface area contributed by atoms with Crippen molar-refractivity contribution in [2.24, 2.45) is 14.1 Å². The molecule has 2 aromatic carbocycles. The van der Waals surface area contributed by atoms with Gasteiger partial charge in [-0.15, -0.1) is 0 Å². The average molecular weight is 455 g/mol. The number of nitrogens with one attached hydrogen (secondary N) is 1. The number of benzene rings is 2. The Morgan fingerprint density at radius 3 is 2.52 bits per heavy atom. The molecule has 0 amide bonds. The van der Waals surface area contributed by atoms with Crippen molar-refractivity contribution < 1.29 is 0 Å². The van der Waals surface area contributed by atoms with Crippen molar-refractivity contribution >= 4 is 46.0 Å². The second-order valence-corrected chi connectivity index (χ2v) is 7.74. The molecule has 1 N–H and O–H groups in total. The van der Waals surface area contributed by atoms with E-state index in [0.29, 0.717) is 32.8 Å². The maximum Gasteiger partial charge on any atom is 0.332 e. The van der Waals surface area contributed by atoms with Crippen LogP contribution < -0.4 is 16.6 Å². The van der Waals surface area contributed by atoms with Gasteiger partial charge in [-0.3, -0.25) is 13.9 Å². The van der Waals surface area contributed by atoms with Gasteiger partial charge in [-0.1, -0.05) is 41.4 Å². The lowest BCUT2D eigenvalue weighted by molar-refractivity contribution is 0.655. The highest BCUT2D eigenvalue weighted by Crippen LogP contribution is 2.23. The number of rotatable bonds is 4. The maximum atomic E-state index is 13.2. The van der Waals surface area contributed by atoms with E-state index in [-0.39, 0.29) is 17.7 Å². The maximum absolute atomic E-state index is 13.2. The van der Waals surface area contributed by atoms with E-state index < -0.39 is 11.2 Å². The molecule has 0 aliphatic heterocycles. The fourth-order valence-electron chi connectivity index (χ4n) is 3.33. The minimum atomic E-state index is -0.509. The quantitative estimate of drug-likeness (QED) is 0.509. The summed E-state index contributed by atoms with van der Waals surface area (Å²) >= 11 is 12.0. The number of halogens is 2. The largest absolute Gasteiger partial charge is 0.332 e. The number of aryl methyl sites for hydroxylation is 2. The van der Waals surface area contributed by atoms with Crippen molar-refractivity contribution in [1.82, 2.24) is 18.7 Å². The first-order chi connectivity index (χ1) is 14.8. The fraction of sp³-hybridized carbons (Fsp3) is 0.143. The molecular weight excluding hydrogens is 439 g/mol. The molecule has 0 aliphatic carbocycles. The molecule has 0 fully saturated rings. The molecular formula is C21H16Cl2N6O2. The van der Waals surface area contributed by atoms with Crippen molar-refractivity contribution in [3.63, 3.8) is 0 Å². The summed E-state index contributed by atoms with van der Waals surface area (Å²) in [6, 6.07) is 14.0. The first-order valence-electron chi connectivity index (χ1n) is 9.18. The number of imidazole rings is 1. The molecule has 0 saturated heterocycles. The number of fused-ring (bicyclic) bond motifs is 1. The topological polar surface area (TPSA) is 97.6 Å². The van der Waals surface area contributed by atoms with E-state index in [1.807, 2.05) is 0 Å². The number of aromatic nitrogens is 4. The third-order valence-electron chi connectivity index (χ3n) is 4.98. The SMILES string of the molecule is Cn1c(Nc2ccccc2C#N)nc2c1c(=O)n(Cc1ccc(Cl)c(Cl)c1)c(=O)n2C. The Kier molecular flexibility index (Phi) is 5.31. The number of nitrogens with zero attached hydrogens (tertiary/aromatic N) is 5. The molecule has 4 rings (SSSR count). The minimum absolute atomic E-state index is 0.0313. The molecule has 0 radical (unpaired) electrons. The van der Waals surface area contributed by atoms with E-state index in [1.54, 1.807) is 61.1 Å². The van der Waals surface area contributed by atoms with Gasteiger partial charge in [-0.25, -0.2) is 4.79 Å². The Hall–Kier alpha value is -3.54. The minimum Gasteiger partial charge on any atom is -0.324 e. The van der Waals surface area contributed by atoms with Crippen LogP contribution in [-0.4, -0.2) is 18.7 Å². The van der Waals surface area contributed by atoms with Crippen LogP contribution in [-0.2, 0) is 20.6 Å². The van der Waals surface area contributed by atoms with Crippen LogP contribution in [0.15, 0.2) is 52.1 Å². The van der Waals surface area contributed by atoms with Crippen LogP contribution >= 0.6 is 23.2 Å². The third kappa shape index (κ3) is 3.58. The molecule has 2 aromatic heterocycles. The molecule has 0 aliphatic rings. The van der Waals surface area contributed by atoms with Gasteiger partial charge in [0.1, 0.15) is 6.07 Å². The Balaban J connectivity index is 1.85. The molecule has 8 nitrogen and oxygen atoms in total. The molecule has 0 unspecified atom stereocenters. The highest BCUT2D eigenvalue weighted by Gasteiger charge is 2.19. The van der Waals surface area contributed by atoms with Gasteiger partial charge in [0.25, 0.3) is 5.56 Å². The van der Waals surface area contributed by atoms with Crippen molar-refractivity contribution in [3.8, 4) is 6.07 Å². The summed E-state index contributed by atoms with van der Waals surface area (Å²) in [6.45, 7) is 0.0313. The van der Waals surface area contributed by atoms with Crippen LogP contribution in [0, 0.1) is 11.3 Å². The van der Waals surface area contributed by atoms with Crippen molar-refractivity contribution in [2.45, 2.75) is 6.54 Å². The van der Waals surface area contributed by atoms with E-state index in [0.717, 1.165) is 4.57 Å². The predicted molar refractivity (Wildman–Crippen MR) is 120 cm³/mol. The summed E-state index contributed by atoms with van der Waals surface area (Å²) in [5, 5.41) is 13.1. The zero-order chi connectivity index (χ0) is 22.3. The van der Waals surface area contributed by atoms with Crippen LogP contribution in [0.3, 0.4) is 0 Å². The van der Waals surface area contributed by atoms with Crippen LogP contribution in [0.1, 0.15) is 11.1 Å². The summed E-state index contributed by atoms with van der Waals surface area (Å²) in [7, 11) is 3.22. The number of para-hydroxylation sites is 1. The Labute approximate surface area is 186 Å². The standard InChI is InChI=1S/C21H16Cl2N6O2/c1-27-17-18(26-20(27)25-16-6-4-3-5-13(16)10-24)28(2)21(31)29(19(17)30)11-12-7-8-14(22)15(23)9-12/h3-9H,11H2,1-2H3,(H,25,26). The van der Waals surface area contributed by atoms with Crippen molar-refractivity contribution in [1.29, 1.82) is 5.26 Å². The highest BCUT2D eigenvalue weighted by molar-refractivity contribution is 6.42. The van der Waals surface area contributed by atoms with Gasteiger partial charge in [-0.05, 0) is 29.8 Å². The zero-order valence-corrected chi connectivity index (χ0v) is 18.1. The number of hydrogen-bond donors (Lipinski definition) is 1. The first-order valence-corrected chi connectivity index (χ1v) is 9.93. The molecule has 156 valence electrons. The molecule has 0 saturated carbocycles. The Morgan fingerprint density at radius 1 is 1.06 bits per heavy atom. The Morgan fingerprint density at radius 2 is 1.81 bits per heavy atom. The van der Waals surface area contributed by atoms with Crippen molar-refractivity contribution in [3.05, 3.63) is 84.5 Å². The monoisotopic (exact) mass is 454 g/mol. The third-order valence-corrected chi connectivity index (χ3v) is 5.72. The summed E-state index contributed by atoms with van der Waals surface area (Å²) in [4.78, 5) is 30.5. The Bertz CT molecular complexity index is 1490. The number of hydrogen-bond acceptors (Lipinski definition) is 5. The number of anilines is 2.